The molecule has 0 N–H and O–H groups in total. The number of para-hydroxylation sites is 2. The number of ether oxygens (including phenoxy) is 1. The summed E-state index contributed by atoms with van der Waals surface area (Å²) < 4.78 is 13.7. The van der Waals surface area contributed by atoms with Crippen LogP contribution in [-0.2, 0) is 11.8 Å². The Hall–Kier alpha value is -9.58. The second-order valence-electron chi connectivity index (χ2n) is 22.1. The van der Waals surface area contributed by atoms with E-state index in [1.807, 2.05) is 12.3 Å². The predicted octanol–water partition coefficient (Wildman–Crippen LogP) is 17.7. The molecule has 0 atom stereocenters. The Morgan fingerprint density at radius 2 is 1.14 bits per heavy atom. The van der Waals surface area contributed by atoms with Crippen molar-refractivity contribution in [2.75, 3.05) is 0 Å². The largest absolute Gasteiger partial charge is 0.458 e. The van der Waals surface area contributed by atoms with Crippen LogP contribution in [0.5, 0.6) is 11.5 Å². The lowest BCUT2D eigenvalue weighted by Crippen LogP contribution is -2.31. The highest BCUT2D eigenvalue weighted by molar-refractivity contribution is 6.09. The standard InChI is InChI=1S/C73H54N4O/c1-46-34-35-49(41-64(46)70-54-22-7-5-18-47(54)40-48-19-6-8-23-55(48)70)56-29-16-32-66-71(56)62-28-12-11-25-58(62)57-24-9-10-26-59(57)63-30-17-33-67-72(63)76(66)45-75(67)51-20-15-21-52(43-51)78-53-36-37-61-60-27-13-14-31-65(60)77(68(61)44-53)69-42-50(38-39-74-69)73(2,3)4/h5-39,41-44,70H,40H2,1-4H3. The van der Waals surface area contributed by atoms with Gasteiger partial charge in [-0.3, -0.25) is 13.7 Å². The number of nitrogens with zero attached hydrogens (tertiary/aromatic N) is 4. The second kappa shape index (κ2) is 17.8. The van der Waals surface area contributed by atoms with Crippen LogP contribution in [0.1, 0.15) is 65.6 Å². The van der Waals surface area contributed by atoms with Crippen molar-refractivity contribution in [3.63, 3.8) is 0 Å². The van der Waals surface area contributed by atoms with Gasteiger partial charge >= 0.3 is 0 Å². The highest BCUT2D eigenvalue weighted by Gasteiger charge is 2.30. The zero-order chi connectivity index (χ0) is 52.2. The molecule has 1 aliphatic carbocycles. The lowest BCUT2D eigenvalue weighted by molar-refractivity contribution is -0.571. The van der Waals surface area contributed by atoms with Gasteiger partial charge in [0.15, 0.2) is 0 Å². The summed E-state index contributed by atoms with van der Waals surface area (Å²) in [4.78, 5) is 4.93. The van der Waals surface area contributed by atoms with Crippen molar-refractivity contribution in [1.29, 1.82) is 0 Å². The van der Waals surface area contributed by atoms with Gasteiger partial charge in [0.05, 0.1) is 33.4 Å². The average Bonchev–Trinajstić information content (AvgIpc) is 4.05. The van der Waals surface area contributed by atoms with Gasteiger partial charge in [-0.1, -0.05) is 185 Å². The second-order valence-corrected chi connectivity index (χ2v) is 22.1. The molecule has 15 rings (SSSR count). The minimum atomic E-state index is -0.0281. The lowest BCUT2D eigenvalue weighted by Gasteiger charge is -2.30. The summed E-state index contributed by atoms with van der Waals surface area (Å²) >= 11 is 0. The lowest BCUT2D eigenvalue weighted by atomic mass is 9.73. The number of aryl methyl sites for hydroxylation is 1. The minimum absolute atomic E-state index is 0.0281. The molecule has 0 spiro atoms. The maximum absolute atomic E-state index is 6.89. The molecule has 78 heavy (non-hydrogen) atoms. The number of hydrogen-bond acceptors (Lipinski definition) is 2. The van der Waals surface area contributed by atoms with E-state index in [4.69, 9.17) is 9.72 Å². The quantitative estimate of drug-likeness (QED) is 0.123. The SMILES string of the molecule is Cc1ccc(-c2cccc3c2-c2ccccc2-c2ccccc2-c2cccc4c2[n+]-3[c-]n4-c2cccc(Oc3ccc4c5ccccc5n(-c5cc(C(C)(C)C)ccn5)c4c3)c2)cc1C1c2ccccc2Cc2ccccc21. The molecule has 0 radical (unpaired) electrons. The molecule has 1 aliphatic heterocycles. The van der Waals surface area contributed by atoms with Crippen LogP contribution in [0.2, 0.25) is 0 Å². The van der Waals surface area contributed by atoms with E-state index < -0.39 is 0 Å². The molecule has 0 fully saturated rings. The van der Waals surface area contributed by atoms with Crippen molar-refractivity contribution >= 4 is 32.8 Å². The summed E-state index contributed by atoms with van der Waals surface area (Å²) in [6.45, 7) is 9.00. The molecule has 0 amide bonds. The van der Waals surface area contributed by atoms with Crippen molar-refractivity contribution in [3.8, 4) is 73.2 Å². The van der Waals surface area contributed by atoms with Gasteiger partial charge in [-0.05, 0) is 157 Å². The van der Waals surface area contributed by atoms with E-state index in [1.54, 1.807) is 0 Å². The number of imidazole rings is 1. The molecule has 4 heterocycles. The number of hydrogen-bond donors (Lipinski definition) is 0. The molecular weight excluding hydrogens is 949 g/mol. The molecule has 0 unspecified atom stereocenters. The fraction of sp³-hybridized carbons (Fsp3) is 0.0959. The molecule has 2 aliphatic rings. The third-order valence-electron chi connectivity index (χ3n) is 16.5. The first-order valence-electron chi connectivity index (χ1n) is 27.1. The Balaban J connectivity index is 0.896. The van der Waals surface area contributed by atoms with Crippen LogP contribution in [-0.4, -0.2) is 14.1 Å². The molecule has 0 saturated carbocycles. The highest BCUT2D eigenvalue weighted by Crippen LogP contribution is 2.48. The van der Waals surface area contributed by atoms with Crippen LogP contribution in [0.4, 0.5) is 0 Å². The van der Waals surface area contributed by atoms with Gasteiger partial charge in [0, 0.05) is 34.5 Å². The van der Waals surface area contributed by atoms with E-state index in [9.17, 15) is 0 Å². The Bertz CT molecular complexity index is 4540. The fourth-order valence-electron chi connectivity index (χ4n) is 12.7. The molecule has 5 nitrogen and oxygen atoms in total. The molecule has 3 aromatic heterocycles. The van der Waals surface area contributed by atoms with Crippen LogP contribution < -0.4 is 9.30 Å². The zero-order valence-corrected chi connectivity index (χ0v) is 44.0. The first kappa shape index (κ1) is 45.8. The topological polar surface area (TPSA) is 35.9 Å². The van der Waals surface area contributed by atoms with Gasteiger partial charge < -0.3 is 4.74 Å². The first-order chi connectivity index (χ1) is 38.2. The van der Waals surface area contributed by atoms with Crippen LogP contribution >= 0.6 is 0 Å². The van der Waals surface area contributed by atoms with E-state index in [1.165, 1.54) is 77.7 Å². The average molecular weight is 1000 g/mol. The Morgan fingerprint density at radius 1 is 0.513 bits per heavy atom. The highest BCUT2D eigenvalue weighted by atomic mass is 16.5. The maximum Gasteiger partial charge on any atom is 0.269 e. The van der Waals surface area contributed by atoms with Gasteiger partial charge in [-0.15, -0.1) is 0 Å². The summed E-state index contributed by atoms with van der Waals surface area (Å²) in [5.74, 6) is 2.46. The third kappa shape index (κ3) is 7.29. The van der Waals surface area contributed by atoms with Crippen molar-refractivity contribution < 1.29 is 9.30 Å². The molecule has 5 heteroatoms. The summed E-state index contributed by atoms with van der Waals surface area (Å²) in [6, 6.07) is 84.2. The summed E-state index contributed by atoms with van der Waals surface area (Å²) in [5.41, 5.74) is 25.0. The Labute approximate surface area is 454 Å². The number of aromatic nitrogens is 4. The van der Waals surface area contributed by atoms with Gasteiger partial charge in [0.2, 0.25) is 0 Å². The Morgan fingerprint density at radius 3 is 1.94 bits per heavy atom. The molecule has 0 bridgehead atoms. The summed E-state index contributed by atoms with van der Waals surface area (Å²) in [6.07, 6.45) is 6.84. The Kier molecular flexibility index (Phi) is 10.4. The number of benzene rings is 10. The van der Waals surface area contributed by atoms with Crippen molar-refractivity contribution in [2.45, 2.75) is 45.4 Å². The third-order valence-corrected chi connectivity index (χ3v) is 16.5. The van der Waals surface area contributed by atoms with E-state index in [0.717, 1.165) is 73.7 Å². The van der Waals surface area contributed by atoms with Crippen LogP contribution in [0.15, 0.2) is 237 Å². The van der Waals surface area contributed by atoms with Gasteiger partial charge in [-0.2, -0.15) is 0 Å². The molecule has 0 saturated heterocycles. The van der Waals surface area contributed by atoms with Gasteiger partial charge in [-0.25, -0.2) is 4.98 Å². The van der Waals surface area contributed by atoms with E-state index in [0.29, 0.717) is 0 Å². The molecular formula is C73H54N4O. The van der Waals surface area contributed by atoms with Crippen molar-refractivity contribution in [1.82, 2.24) is 14.1 Å². The maximum atomic E-state index is 6.89. The molecule has 372 valence electrons. The summed E-state index contributed by atoms with van der Waals surface area (Å²) in [7, 11) is 0. The van der Waals surface area contributed by atoms with Gasteiger partial charge in [0.25, 0.3) is 6.33 Å². The predicted molar refractivity (Wildman–Crippen MR) is 318 cm³/mol. The smallest absolute Gasteiger partial charge is 0.269 e. The molecule has 13 aromatic rings. The summed E-state index contributed by atoms with van der Waals surface area (Å²) in [5, 5.41) is 2.32. The number of pyridine rings is 1. The number of rotatable bonds is 6. The van der Waals surface area contributed by atoms with Crippen LogP contribution in [0.3, 0.4) is 0 Å². The fourth-order valence-corrected chi connectivity index (χ4v) is 12.7. The number of fused-ring (bicyclic) bond motifs is 12. The van der Waals surface area contributed by atoms with Crippen molar-refractivity contribution in [2.24, 2.45) is 0 Å². The van der Waals surface area contributed by atoms with Crippen molar-refractivity contribution in [3.05, 3.63) is 282 Å². The van der Waals surface area contributed by atoms with E-state index in [2.05, 4.69) is 272 Å². The van der Waals surface area contributed by atoms with E-state index >= 15 is 0 Å². The van der Waals surface area contributed by atoms with Crippen LogP contribution in [0, 0.1) is 13.3 Å². The zero-order valence-electron chi connectivity index (χ0n) is 44.0. The van der Waals surface area contributed by atoms with Crippen LogP contribution in [0.25, 0.3) is 94.5 Å². The first-order valence-corrected chi connectivity index (χ1v) is 27.1. The van der Waals surface area contributed by atoms with Gasteiger partial charge in [0.1, 0.15) is 17.3 Å². The minimum Gasteiger partial charge on any atom is -0.458 e. The monoisotopic (exact) mass is 1000 g/mol. The normalized spacial score (nSPS) is 12.8. The van der Waals surface area contributed by atoms with E-state index in [-0.39, 0.29) is 11.3 Å². The molecule has 10 aromatic carbocycles.